The average Bonchev–Trinajstić information content (AvgIpc) is 2.94. The Labute approximate surface area is 177 Å². The van der Waals surface area contributed by atoms with Crippen LogP contribution in [-0.4, -0.2) is 39.2 Å². The first kappa shape index (κ1) is 21.0. The van der Waals surface area contributed by atoms with Crippen LogP contribution in [0.1, 0.15) is 17.5 Å². The number of phenolic OH excluding ortho intramolecular Hbond substituents is 1. The first-order valence-electron chi connectivity index (χ1n) is 8.98. The van der Waals surface area contributed by atoms with Crippen molar-refractivity contribution in [3.8, 4) is 5.75 Å². The molecule has 2 N–H and O–H groups in total. The molecule has 1 fully saturated rings. The number of nitrogens with one attached hydrogen (secondary N) is 1. The van der Waals surface area contributed by atoms with Crippen LogP contribution in [-0.2, 0) is 16.0 Å². The van der Waals surface area contributed by atoms with Gasteiger partial charge in [-0.05, 0) is 47.9 Å². The Bertz CT molecular complexity index is 961. The summed E-state index contributed by atoms with van der Waals surface area (Å²) >= 11 is 6.40. The molecule has 29 heavy (non-hydrogen) atoms. The monoisotopic (exact) mass is 430 g/mol. The van der Waals surface area contributed by atoms with Crippen molar-refractivity contribution >= 4 is 46.2 Å². The highest BCUT2D eigenvalue weighted by Gasteiger charge is 2.32. The Hall–Kier alpha value is -2.71. The van der Waals surface area contributed by atoms with Crippen molar-refractivity contribution in [2.24, 2.45) is 0 Å². The second-order valence-electron chi connectivity index (χ2n) is 6.40. The minimum atomic E-state index is -0.377. The summed E-state index contributed by atoms with van der Waals surface area (Å²) in [4.78, 5) is 26.4. The van der Waals surface area contributed by atoms with Gasteiger partial charge in [-0.15, -0.1) is 0 Å². The fraction of sp³-hybridized carbons (Fsp3) is 0.190. The second-order valence-corrected chi connectivity index (χ2v) is 8.08. The number of aromatic hydroxyl groups is 1. The standard InChI is InChI=1S/C21H19FN2O3S2/c22-16-3-1-2-15(12-16)13-18-20(27)24(21(28)29-18)11-9-19(26)23-10-8-14-4-6-17(25)7-5-14/h1-7,12-13,25H,8-11H2,(H,23,26). The van der Waals surface area contributed by atoms with Crippen molar-refractivity contribution < 1.29 is 19.1 Å². The van der Waals surface area contributed by atoms with Gasteiger partial charge in [-0.1, -0.05) is 48.2 Å². The van der Waals surface area contributed by atoms with Crippen molar-refractivity contribution in [1.29, 1.82) is 0 Å². The molecule has 150 valence electrons. The molecule has 1 aliphatic rings. The molecule has 8 heteroatoms. The van der Waals surface area contributed by atoms with Crippen LogP contribution in [0.3, 0.4) is 0 Å². The first-order chi connectivity index (χ1) is 13.9. The number of thiocarbonyl (C=S) groups is 1. The number of thioether (sulfide) groups is 1. The highest BCUT2D eigenvalue weighted by atomic mass is 32.2. The topological polar surface area (TPSA) is 69.6 Å². The van der Waals surface area contributed by atoms with Gasteiger partial charge < -0.3 is 10.4 Å². The van der Waals surface area contributed by atoms with E-state index in [1.807, 2.05) is 0 Å². The molecule has 2 aromatic rings. The molecule has 0 aliphatic carbocycles. The van der Waals surface area contributed by atoms with Gasteiger partial charge in [0.1, 0.15) is 15.9 Å². The molecule has 0 unspecified atom stereocenters. The summed E-state index contributed by atoms with van der Waals surface area (Å²) < 4.78 is 13.7. The normalized spacial score (nSPS) is 15.2. The average molecular weight is 431 g/mol. The van der Waals surface area contributed by atoms with Gasteiger partial charge in [0.2, 0.25) is 5.91 Å². The molecule has 0 aromatic heterocycles. The van der Waals surface area contributed by atoms with E-state index in [0.29, 0.717) is 27.8 Å². The third-order valence-corrected chi connectivity index (χ3v) is 5.63. The van der Waals surface area contributed by atoms with Crippen molar-refractivity contribution in [3.05, 3.63) is 70.4 Å². The van der Waals surface area contributed by atoms with Crippen LogP contribution in [0.2, 0.25) is 0 Å². The highest BCUT2D eigenvalue weighted by Crippen LogP contribution is 2.32. The molecular weight excluding hydrogens is 411 g/mol. The van der Waals surface area contributed by atoms with E-state index in [1.54, 1.807) is 42.5 Å². The number of carbonyl (C=O) groups is 2. The Kier molecular flexibility index (Phi) is 7.00. The number of halogens is 1. The summed E-state index contributed by atoms with van der Waals surface area (Å²) in [6.45, 7) is 0.650. The molecule has 0 saturated carbocycles. The van der Waals surface area contributed by atoms with Gasteiger partial charge in [-0.3, -0.25) is 14.5 Å². The Morgan fingerprint density at radius 3 is 2.72 bits per heavy atom. The first-order valence-corrected chi connectivity index (χ1v) is 10.2. The predicted molar refractivity (Wildman–Crippen MR) is 116 cm³/mol. The molecule has 3 rings (SSSR count). The second kappa shape index (κ2) is 9.67. The third-order valence-electron chi connectivity index (χ3n) is 4.25. The van der Waals surface area contributed by atoms with E-state index < -0.39 is 0 Å². The summed E-state index contributed by atoms with van der Waals surface area (Å²) in [7, 11) is 0. The molecule has 0 spiro atoms. The van der Waals surface area contributed by atoms with Gasteiger partial charge in [-0.2, -0.15) is 0 Å². The van der Waals surface area contributed by atoms with Gasteiger partial charge in [0.05, 0.1) is 4.91 Å². The number of carbonyl (C=O) groups excluding carboxylic acids is 2. The van der Waals surface area contributed by atoms with E-state index in [2.05, 4.69) is 5.32 Å². The smallest absolute Gasteiger partial charge is 0.266 e. The van der Waals surface area contributed by atoms with Crippen LogP contribution in [0.5, 0.6) is 5.75 Å². The predicted octanol–water partition coefficient (Wildman–Crippen LogP) is 3.48. The zero-order valence-electron chi connectivity index (χ0n) is 15.4. The quantitative estimate of drug-likeness (QED) is 0.520. The van der Waals surface area contributed by atoms with E-state index in [1.165, 1.54) is 17.0 Å². The van der Waals surface area contributed by atoms with Gasteiger partial charge in [0, 0.05) is 19.5 Å². The van der Waals surface area contributed by atoms with Crippen molar-refractivity contribution in [1.82, 2.24) is 10.2 Å². The maximum absolute atomic E-state index is 13.3. The minimum Gasteiger partial charge on any atom is -0.508 e. The van der Waals surface area contributed by atoms with Gasteiger partial charge >= 0.3 is 0 Å². The fourth-order valence-electron chi connectivity index (χ4n) is 2.75. The zero-order chi connectivity index (χ0) is 20.8. The fourth-order valence-corrected chi connectivity index (χ4v) is 4.06. The van der Waals surface area contributed by atoms with Gasteiger partial charge in [0.25, 0.3) is 5.91 Å². The SMILES string of the molecule is O=C(CCN1C(=O)C(=Cc2cccc(F)c2)SC1=S)NCCc1ccc(O)cc1. The summed E-state index contributed by atoms with van der Waals surface area (Å²) in [5.41, 5.74) is 1.58. The number of amides is 2. The number of hydrogen-bond donors (Lipinski definition) is 2. The molecule has 5 nitrogen and oxygen atoms in total. The molecule has 1 saturated heterocycles. The van der Waals surface area contributed by atoms with Crippen molar-refractivity contribution in [2.75, 3.05) is 13.1 Å². The number of phenols is 1. The number of rotatable bonds is 7. The summed E-state index contributed by atoms with van der Waals surface area (Å²) in [6, 6.07) is 12.8. The van der Waals surface area contributed by atoms with E-state index in [9.17, 15) is 19.1 Å². The lowest BCUT2D eigenvalue weighted by Gasteiger charge is -2.14. The molecule has 0 radical (unpaired) electrons. The van der Waals surface area contributed by atoms with Crippen LogP contribution in [0.15, 0.2) is 53.4 Å². The van der Waals surface area contributed by atoms with Crippen LogP contribution in [0, 0.1) is 5.82 Å². The van der Waals surface area contributed by atoms with E-state index in [0.717, 1.165) is 17.3 Å². The lowest BCUT2D eigenvalue weighted by atomic mass is 10.1. The van der Waals surface area contributed by atoms with Gasteiger partial charge in [-0.25, -0.2) is 4.39 Å². The van der Waals surface area contributed by atoms with Crippen LogP contribution in [0.25, 0.3) is 6.08 Å². The lowest BCUT2D eigenvalue weighted by Crippen LogP contribution is -2.34. The van der Waals surface area contributed by atoms with Crippen molar-refractivity contribution in [2.45, 2.75) is 12.8 Å². The molecule has 2 aromatic carbocycles. The zero-order valence-corrected chi connectivity index (χ0v) is 17.1. The summed E-state index contributed by atoms with van der Waals surface area (Å²) in [5, 5.41) is 12.1. The number of nitrogens with zero attached hydrogens (tertiary/aromatic N) is 1. The molecule has 1 heterocycles. The maximum Gasteiger partial charge on any atom is 0.266 e. The molecule has 2 amide bonds. The molecular formula is C21H19FN2O3S2. The number of hydrogen-bond acceptors (Lipinski definition) is 5. The molecule has 0 atom stereocenters. The van der Waals surface area contributed by atoms with E-state index >= 15 is 0 Å². The Balaban J connectivity index is 1.48. The largest absolute Gasteiger partial charge is 0.508 e. The van der Waals surface area contributed by atoms with Gasteiger partial charge in [0.15, 0.2) is 0 Å². The summed E-state index contributed by atoms with van der Waals surface area (Å²) in [6.07, 6.45) is 2.37. The minimum absolute atomic E-state index is 0.134. The third kappa shape index (κ3) is 5.88. The highest BCUT2D eigenvalue weighted by molar-refractivity contribution is 8.26. The van der Waals surface area contributed by atoms with E-state index in [-0.39, 0.29) is 36.3 Å². The van der Waals surface area contributed by atoms with Crippen molar-refractivity contribution in [3.63, 3.8) is 0 Å². The lowest BCUT2D eigenvalue weighted by molar-refractivity contribution is -0.123. The molecule has 1 aliphatic heterocycles. The Morgan fingerprint density at radius 2 is 2.00 bits per heavy atom. The van der Waals surface area contributed by atoms with Crippen LogP contribution >= 0.6 is 24.0 Å². The van der Waals surface area contributed by atoms with E-state index in [4.69, 9.17) is 12.2 Å². The Morgan fingerprint density at radius 1 is 1.24 bits per heavy atom. The molecule has 0 bridgehead atoms. The van der Waals surface area contributed by atoms with Crippen LogP contribution in [0.4, 0.5) is 4.39 Å². The number of benzene rings is 2. The maximum atomic E-state index is 13.3. The van der Waals surface area contributed by atoms with Crippen LogP contribution < -0.4 is 5.32 Å². The summed E-state index contributed by atoms with van der Waals surface area (Å²) in [5.74, 6) is -0.626.